The lowest BCUT2D eigenvalue weighted by Crippen LogP contribution is -2.58. The van der Waals surface area contributed by atoms with E-state index in [1.54, 1.807) is 18.6 Å². The molecule has 136 valence electrons. The molecule has 0 aromatic carbocycles. The molecule has 2 aliphatic heterocycles. The highest BCUT2D eigenvalue weighted by atomic mass is 16.5. The van der Waals surface area contributed by atoms with Gasteiger partial charge in [-0.15, -0.1) is 0 Å². The topological polar surface area (TPSA) is 77.4 Å². The summed E-state index contributed by atoms with van der Waals surface area (Å²) in [7, 11) is 0. The zero-order valence-corrected chi connectivity index (χ0v) is 14.6. The third-order valence-electron chi connectivity index (χ3n) is 5.20. The zero-order valence-electron chi connectivity index (χ0n) is 14.6. The quantitative estimate of drug-likeness (QED) is 0.835. The predicted octanol–water partition coefficient (Wildman–Crippen LogP) is 1.96. The number of ether oxygens (including phenoxy) is 2. The molecule has 0 saturated carbocycles. The molecule has 0 aliphatic carbocycles. The second-order valence-electron chi connectivity index (χ2n) is 6.89. The normalized spacial score (nSPS) is 25.4. The molecule has 2 fully saturated rings. The Morgan fingerprint density at radius 3 is 3.08 bits per heavy atom. The van der Waals surface area contributed by atoms with E-state index >= 15 is 0 Å². The van der Waals surface area contributed by atoms with Crippen LogP contribution in [0.4, 0.5) is 0 Å². The summed E-state index contributed by atoms with van der Waals surface area (Å²) in [6.07, 6.45) is 9.19. The molecule has 26 heavy (non-hydrogen) atoms. The lowest BCUT2D eigenvalue weighted by Gasteiger charge is -2.49. The highest BCUT2D eigenvalue weighted by Crippen LogP contribution is 2.40. The Morgan fingerprint density at radius 1 is 1.31 bits per heavy atom. The molecule has 2 saturated heterocycles. The van der Waals surface area contributed by atoms with E-state index in [-0.39, 0.29) is 17.4 Å². The molecule has 1 amide bonds. The summed E-state index contributed by atoms with van der Waals surface area (Å²) >= 11 is 0. The summed E-state index contributed by atoms with van der Waals surface area (Å²) in [6, 6.07) is 5.61. The van der Waals surface area contributed by atoms with E-state index in [9.17, 15) is 4.79 Å². The van der Waals surface area contributed by atoms with E-state index in [0.717, 1.165) is 25.9 Å². The highest BCUT2D eigenvalue weighted by Gasteiger charge is 2.48. The van der Waals surface area contributed by atoms with Gasteiger partial charge in [0.25, 0.3) is 5.91 Å². The lowest BCUT2D eigenvalue weighted by molar-refractivity contribution is -0.133. The maximum Gasteiger partial charge on any atom is 0.274 e. The van der Waals surface area contributed by atoms with Gasteiger partial charge in [-0.3, -0.25) is 9.78 Å². The number of rotatable bonds is 4. The van der Waals surface area contributed by atoms with Crippen molar-refractivity contribution in [1.82, 2.24) is 19.9 Å². The van der Waals surface area contributed by atoms with Crippen molar-refractivity contribution in [1.29, 1.82) is 0 Å². The molecule has 0 spiro atoms. The first-order chi connectivity index (χ1) is 12.8. The molecule has 2 aromatic heterocycles. The van der Waals surface area contributed by atoms with Crippen LogP contribution in [0.5, 0.6) is 5.88 Å². The largest absolute Gasteiger partial charge is 0.477 e. The number of fused-ring (bicyclic) bond motifs is 1. The smallest absolute Gasteiger partial charge is 0.274 e. The van der Waals surface area contributed by atoms with Crippen LogP contribution in [-0.4, -0.2) is 58.2 Å². The second kappa shape index (κ2) is 7.37. The number of hydrogen-bond donors (Lipinski definition) is 0. The molecule has 7 heteroatoms. The summed E-state index contributed by atoms with van der Waals surface area (Å²) in [6.45, 7) is 2.51. The molecule has 0 bridgehead atoms. The minimum Gasteiger partial charge on any atom is -0.477 e. The number of carbonyl (C=O) groups is 1. The molecular weight excluding hydrogens is 332 g/mol. The third-order valence-corrected chi connectivity index (χ3v) is 5.20. The zero-order chi connectivity index (χ0) is 17.8. The summed E-state index contributed by atoms with van der Waals surface area (Å²) < 4.78 is 12.0. The van der Waals surface area contributed by atoms with Gasteiger partial charge >= 0.3 is 0 Å². The van der Waals surface area contributed by atoms with Gasteiger partial charge in [-0.25, -0.2) is 9.97 Å². The van der Waals surface area contributed by atoms with E-state index in [0.29, 0.717) is 31.3 Å². The average molecular weight is 354 g/mol. The third kappa shape index (κ3) is 3.39. The van der Waals surface area contributed by atoms with Crippen molar-refractivity contribution in [3.63, 3.8) is 0 Å². The van der Waals surface area contributed by atoms with Crippen molar-refractivity contribution in [2.24, 2.45) is 5.41 Å². The number of piperidine rings is 1. The Balaban J connectivity index is 1.52. The van der Waals surface area contributed by atoms with Gasteiger partial charge in [0, 0.05) is 49.8 Å². The molecular formula is C19H22N4O3. The van der Waals surface area contributed by atoms with Crippen molar-refractivity contribution in [2.45, 2.75) is 25.4 Å². The van der Waals surface area contributed by atoms with Gasteiger partial charge < -0.3 is 14.4 Å². The molecule has 2 aromatic rings. The Labute approximate surface area is 152 Å². The minimum absolute atomic E-state index is 0.0839. The summed E-state index contributed by atoms with van der Waals surface area (Å²) in [5.74, 6) is 0.517. The van der Waals surface area contributed by atoms with Crippen molar-refractivity contribution in [3.05, 3.63) is 48.7 Å². The van der Waals surface area contributed by atoms with E-state index in [2.05, 4.69) is 15.0 Å². The van der Waals surface area contributed by atoms with Crippen molar-refractivity contribution in [3.8, 4) is 5.88 Å². The fourth-order valence-electron chi connectivity index (χ4n) is 3.90. The molecule has 7 nitrogen and oxygen atoms in total. The summed E-state index contributed by atoms with van der Waals surface area (Å²) in [4.78, 5) is 27.1. The Hall–Kier alpha value is -2.54. The summed E-state index contributed by atoms with van der Waals surface area (Å²) in [5, 5.41) is 0. The van der Waals surface area contributed by atoms with Gasteiger partial charge in [-0.2, -0.15) is 0 Å². The van der Waals surface area contributed by atoms with Gasteiger partial charge in [0.2, 0.25) is 5.88 Å². The molecule has 0 radical (unpaired) electrons. The minimum atomic E-state index is -0.216. The van der Waals surface area contributed by atoms with E-state index < -0.39 is 0 Å². The van der Waals surface area contributed by atoms with E-state index in [1.165, 1.54) is 6.20 Å². The molecule has 4 rings (SSSR count). The first-order valence-corrected chi connectivity index (χ1v) is 8.98. The monoisotopic (exact) mass is 354 g/mol. The Kier molecular flexibility index (Phi) is 4.79. The second-order valence-corrected chi connectivity index (χ2v) is 6.89. The van der Waals surface area contributed by atoms with Gasteiger partial charge in [0.15, 0.2) is 0 Å². The number of hydrogen-bond acceptors (Lipinski definition) is 6. The van der Waals surface area contributed by atoms with Crippen LogP contribution in [0.3, 0.4) is 0 Å². The number of amides is 1. The highest BCUT2D eigenvalue weighted by molar-refractivity contribution is 5.92. The van der Waals surface area contributed by atoms with E-state index in [4.69, 9.17) is 9.47 Å². The lowest BCUT2D eigenvalue weighted by atomic mass is 9.73. The molecule has 0 unspecified atom stereocenters. The predicted molar refractivity (Wildman–Crippen MR) is 93.7 cm³/mol. The average Bonchev–Trinajstić information content (AvgIpc) is 2.73. The van der Waals surface area contributed by atoms with E-state index in [1.807, 2.05) is 23.1 Å². The molecule has 4 heterocycles. The van der Waals surface area contributed by atoms with Crippen molar-refractivity contribution in [2.75, 3.05) is 26.3 Å². The van der Waals surface area contributed by atoms with Crippen LogP contribution in [0.25, 0.3) is 0 Å². The van der Waals surface area contributed by atoms with Crippen molar-refractivity contribution < 1.29 is 14.3 Å². The molecule has 0 N–H and O–H groups in total. The number of aromatic nitrogens is 3. The van der Waals surface area contributed by atoms with Crippen LogP contribution in [0.2, 0.25) is 0 Å². The molecule has 2 aliphatic rings. The van der Waals surface area contributed by atoms with Gasteiger partial charge in [0.1, 0.15) is 5.69 Å². The van der Waals surface area contributed by atoms with Gasteiger partial charge in [-0.1, -0.05) is 6.07 Å². The standard InChI is InChI=1S/C19H22N4O3/c24-18(15-12-20-8-9-21-15)23-10-5-16-19(13-23,6-3-11-25-16)14-26-17-4-1-2-7-22-17/h1-2,4,7-9,12,16H,3,5-6,10-11,13-14H2/t16-,19+/m1/s1. The maximum atomic E-state index is 12.8. The number of nitrogens with zero attached hydrogens (tertiary/aromatic N) is 4. The van der Waals surface area contributed by atoms with Gasteiger partial charge in [-0.05, 0) is 25.3 Å². The van der Waals surface area contributed by atoms with Crippen LogP contribution in [0.1, 0.15) is 29.8 Å². The number of pyridine rings is 1. The Morgan fingerprint density at radius 2 is 2.27 bits per heavy atom. The first-order valence-electron chi connectivity index (χ1n) is 8.98. The van der Waals surface area contributed by atoms with Crippen molar-refractivity contribution >= 4 is 5.91 Å². The van der Waals surface area contributed by atoms with Gasteiger partial charge in [0.05, 0.1) is 18.9 Å². The van der Waals surface area contributed by atoms with Crippen LogP contribution < -0.4 is 4.74 Å². The van der Waals surface area contributed by atoms with Crippen LogP contribution in [-0.2, 0) is 4.74 Å². The fraction of sp³-hybridized carbons (Fsp3) is 0.474. The first kappa shape index (κ1) is 16.9. The molecule has 2 atom stereocenters. The van der Waals surface area contributed by atoms with Crippen LogP contribution in [0.15, 0.2) is 43.0 Å². The maximum absolute atomic E-state index is 12.8. The number of carbonyl (C=O) groups excluding carboxylic acids is 1. The van der Waals surface area contributed by atoms with Crippen LogP contribution in [0, 0.1) is 5.41 Å². The number of likely N-dealkylation sites (tertiary alicyclic amines) is 1. The SMILES string of the molecule is O=C(c1cnccn1)N1CC[C@H]2OCCC[C@@]2(COc2ccccn2)C1. The fourth-order valence-corrected chi connectivity index (χ4v) is 3.90. The van der Waals surface area contributed by atoms with Crippen LogP contribution >= 0.6 is 0 Å². The summed E-state index contributed by atoms with van der Waals surface area (Å²) in [5.41, 5.74) is 0.162. The Bertz CT molecular complexity index is 743.